The van der Waals surface area contributed by atoms with Crippen LogP contribution < -0.4 is 0 Å². The van der Waals surface area contributed by atoms with Gasteiger partial charge in [-0.05, 0) is 44.2 Å². The van der Waals surface area contributed by atoms with Gasteiger partial charge >= 0.3 is 5.97 Å². The quantitative estimate of drug-likeness (QED) is 0.669. The molecule has 2 rings (SSSR count). The molecule has 1 aromatic rings. The van der Waals surface area contributed by atoms with E-state index in [-0.39, 0.29) is 17.8 Å². The summed E-state index contributed by atoms with van der Waals surface area (Å²) >= 11 is 0. The largest absolute Gasteiger partial charge is 0.462 e. The molecule has 0 spiro atoms. The van der Waals surface area contributed by atoms with Gasteiger partial charge in [0.15, 0.2) is 9.84 Å². The Kier molecular flexibility index (Phi) is 9.16. The van der Waals surface area contributed by atoms with Gasteiger partial charge in [-0.3, -0.25) is 4.79 Å². The van der Waals surface area contributed by atoms with Crippen LogP contribution >= 0.6 is 0 Å². The SMILES string of the molecule is O=C1CCCCCCCCCCC(CCCS(=O)(=O)c2ccccc2)O1. The van der Waals surface area contributed by atoms with E-state index < -0.39 is 9.84 Å². The lowest BCUT2D eigenvalue weighted by Gasteiger charge is -2.18. The monoisotopic (exact) mass is 380 g/mol. The van der Waals surface area contributed by atoms with Gasteiger partial charge in [0.2, 0.25) is 0 Å². The molecule has 26 heavy (non-hydrogen) atoms. The van der Waals surface area contributed by atoms with Crippen molar-refractivity contribution in [2.24, 2.45) is 0 Å². The van der Waals surface area contributed by atoms with Crippen molar-refractivity contribution >= 4 is 15.8 Å². The number of hydrogen-bond acceptors (Lipinski definition) is 4. The van der Waals surface area contributed by atoms with E-state index in [1.54, 1.807) is 24.3 Å². The summed E-state index contributed by atoms with van der Waals surface area (Å²) in [6, 6.07) is 8.56. The molecule has 1 saturated heterocycles. The Hall–Kier alpha value is -1.36. The van der Waals surface area contributed by atoms with Gasteiger partial charge < -0.3 is 4.74 Å². The van der Waals surface area contributed by atoms with Crippen molar-refractivity contribution in [3.05, 3.63) is 30.3 Å². The lowest BCUT2D eigenvalue weighted by molar-refractivity contribution is -0.149. The lowest BCUT2D eigenvalue weighted by atomic mass is 10.0. The van der Waals surface area contributed by atoms with Crippen LogP contribution in [0.4, 0.5) is 0 Å². The Morgan fingerprint density at radius 1 is 0.885 bits per heavy atom. The third-order valence-corrected chi connectivity index (χ3v) is 6.81. The minimum atomic E-state index is -3.26. The molecular formula is C21H32O4S. The molecule has 1 unspecified atom stereocenters. The van der Waals surface area contributed by atoms with Gasteiger partial charge in [-0.2, -0.15) is 0 Å². The van der Waals surface area contributed by atoms with Crippen molar-refractivity contribution in [1.82, 2.24) is 0 Å². The fraction of sp³-hybridized carbons (Fsp3) is 0.667. The number of carbonyl (C=O) groups excluding carboxylic acids is 1. The van der Waals surface area contributed by atoms with E-state index in [4.69, 9.17) is 4.74 Å². The van der Waals surface area contributed by atoms with Crippen LogP contribution in [0.3, 0.4) is 0 Å². The Morgan fingerprint density at radius 2 is 1.50 bits per heavy atom. The zero-order valence-corrected chi connectivity index (χ0v) is 16.5. The van der Waals surface area contributed by atoms with Gasteiger partial charge in [-0.25, -0.2) is 8.42 Å². The summed E-state index contributed by atoms with van der Waals surface area (Å²) in [5, 5.41) is 0. The zero-order chi connectivity index (χ0) is 18.7. The van der Waals surface area contributed by atoms with Gasteiger partial charge in [0.05, 0.1) is 10.6 Å². The van der Waals surface area contributed by atoms with Crippen LogP contribution in [0, 0.1) is 0 Å². The minimum Gasteiger partial charge on any atom is -0.462 e. The molecule has 146 valence electrons. The summed E-state index contributed by atoms with van der Waals surface area (Å²) in [6.45, 7) is 0. The number of sulfone groups is 1. The van der Waals surface area contributed by atoms with E-state index >= 15 is 0 Å². The predicted octanol–water partition coefficient (Wildman–Crippen LogP) is 5.07. The standard InChI is InChI=1S/C21H32O4S/c22-21-17-11-6-4-2-1-3-5-8-13-19(25-21)14-12-18-26(23,24)20-15-9-7-10-16-20/h7,9-10,15-16,19H,1-6,8,11-14,17-18H2. The highest BCUT2D eigenvalue weighted by Gasteiger charge is 2.18. The van der Waals surface area contributed by atoms with Crippen LogP contribution in [0.5, 0.6) is 0 Å². The van der Waals surface area contributed by atoms with Gasteiger partial charge in [-0.15, -0.1) is 0 Å². The predicted molar refractivity (Wildman–Crippen MR) is 104 cm³/mol. The van der Waals surface area contributed by atoms with Crippen molar-refractivity contribution < 1.29 is 17.9 Å². The maximum atomic E-state index is 12.4. The molecule has 0 N–H and O–H groups in total. The molecule has 0 radical (unpaired) electrons. The first-order chi connectivity index (χ1) is 12.6. The summed E-state index contributed by atoms with van der Waals surface area (Å²) in [5.74, 6) is -0.0226. The minimum absolute atomic E-state index is 0.102. The van der Waals surface area contributed by atoms with Crippen LogP contribution in [0.15, 0.2) is 35.2 Å². The molecule has 1 heterocycles. The maximum absolute atomic E-state index is 12.4. The smallest absolute Gasteiger partial charge is 0.306 e. The summed E-state index contributed by atoms with van der Waals surface area (Å²) in [4.78, 5) is 12.4. The van der Waals surface area contributed by atoms with Crippen molar-refractivity contribution in [2.45, 2.75) is 88.0 Å². The van der Waals surface area contributed by atoms with Crippen molar-refractivity contribution in [3.63, 3.8) is 0 Å². The highest BCUT2D eigenvalue weighted by atomic mass is 32.2. The van der Waals surface area contributed by atoms with Crippen LogP contribution in [0.2, 0.25) is 0 Å². The number of cyclic esters (lactones) is 1. The topological polar surface area (TPSA) is 60.4 Å². The van der Waals surface area contributed by atoms with E-state index in [0.717, 1.165) is 32.1 Å². The number of hydrogen-bond donors (Lipinski definition) is 0. The molecule has 1 atom stereocenters. The first kappa shape index (κ1) is 20.9. The van der Waals surface area contributed by atoms with Gasteiger partial charge in [0.1, 0.15) is 6.10 Å². The van der Waals surface area contributed by atoms with E-state index in [1.807, 2.05) is 6.07 Å². The highest BCUT2D eigenvalue weighted by Crippen LogP contribution is 2.19. The second kappa shape index (κ2) is 11.4. The second-order valence-corrected chi connectivity index (χ2v) is 9.36. The lowest BCUT2D eigenvalue weighted by Crippen LogP contribution is -2.19. The first-order valence-corrected chi connectivity index (χ1v) is 11.7. The molecule has 4 nitrogen and oxygen atoms in total. The molecule has 1 aliphatic heterocycles. The van der Waals surface area contributed by atoms with Crippen LogP contribution in [0.1, 0.15) is 77.0 Å². The zero-order valence-electron chi connectivity index (χ0n) is 15.7. The van der Waals surface area contributed by atoms with Gasteiger partial charge in [0.25, 0.3) is 0 Å². The Labute approximate surface area is 158 Å². The molecule has 1 aromatic carbocycles. The molecule has 0 amide bonds. The Bertz CT molecular complexity index is 625. The first-order valence-electron chi connectivity index (χ1n) is 10.1. The summed E-state index contributed by atoms with van der Waals surface area (Å²) in [7, 11) is -3.26. The van der Waals surface area contributed by atoms with E-state index in [2.05, 4.69) is 0 Å². The summed E-state index contributed by atoms with van der Waals surface area (Å²) in [6.07, 6.45) is 11.5. The molecule has 0 bridgehead atoms. The van der Waals surface area contributed by atoms with E-state index in [0.29, 0.717) is 24.2 Å². The number of ether oxygens (including phenoxy) is 1. The fourth-order valence-electron chi connectivity index (χ4n) is 3.46. The average molecular weight is 381 g/mol. The van der Waals surface area contributed by atoms with Crippen molar-refractivity contribution in [3.8, 4) is 0 Å². The fourth-order valence-corrected chi connectivity index (χ4v) is 4.81. The number of benzene rings is 1. The van der Waals surface area contributed by atoms with Crippen molar-refractivity contribution in [1.29, 1.82) is 0 Å². The molecule has 0 saturated carbocycles. The summed E-state index contributed by atoms with van der Waals surface area (Å²) < 4.78 is 30.4. The molecule has 0 aromatic heterocycles. The van der Waals surface area contributed by atoms with E-state index in [1.165, 1.54) is 25.7 Å². The highest BCUT2D eigenvalue weighted by molar-refractivity contribution is 7.91. The average Bonchev–Trinajstić information content (AvgIpc) is 2.65. The molecule has 0 aliphatic carbocycles. The van der Waals surface area contributed by atoms with Crippen LogP contribution in [-0.4, -0.2) is 26.2 Å². The van der Waals surface area contributed by atoms with Gasteiger partial charge in [0, 0.05) is 6.42 Å². The van der Waals surface area contributed by atoms with Gasteiger partial charge in [-0.1, -0.05) is 56.7 Å². The third-order valence-electron chi connectivity index (χ3n) is 5.00. The molecule has 1 aliphatic rings. The van der Waals surface area contributed by atoms with Crippen LogP contribution in [-0.2, 0) is 19.4 Å². The molecular weight excluding hydrogens is 348 g/mol. The van der Waals surface area contributed by atoms with Crippen LogP contribution in [0.25, 0.3) is 0 Å². The van der Waals surface area contributed by atoms with E-state index in [9.17, 15) is 13.2 Å². The normalized spacial score (nSPS) is 21.1. The van der Waals surface area contributed by atoms with Crippen molar-refractivity contribution in [2.75, 3.05) is 5.75 Å². The maximum Gasteiger partial charge on any atom is 0.306 e. The molecule has 1 fully saturated rings. The number of rotatable bonds is 5. The number of esters is 1. The third kappa shape index (κ3) is 7.90. The molecule has 5 heteroatoms. The second-order valence-electron chi connectivity index (χ2n) is 7.25. The Balaban J connectivity index is 1.84. The summed E-state index contributed by atoms with van der Waals surface area (Å²) in [5.41, 5.74) is 0. The Morgan fingerprint density at radius 3 is 2.19 bits per heavy atom. The number of carbonyl (C=O) groups is 1.